The van der Waals surface area contributed by atoms with Crippen molar-refractivity contribution >= 4 is 11.3 Å². The Bertz CT molecular complexity index is 291. The Morgan fingerprint density at radius 1 is 1.64 bits per heavy atom. The summed E-state index contributed by atoms with van der Waals surface area (Å²) in [6, 6.07) is 0.644. The molecule has 2 rings (SSSR count). The number of nitrogens with one attached hydrogen (secondary N) is 1. The molecular weight excluding hydrogens is 192 g/mol. The van der Waals surface area contributed by atoms with Crippen LogP contribution in [0.3, 0.4) is 0 Å². The van der Waals surface area contributed by atoms with E-state index in [1.54, 1.807) is 11.3 Å². The third-order valence-corrected chi connectivity index (χ3v) is 4.01. The van der Waals surface area contributed by atoms with Crippen LogP contribution < -0.4 is 5.32 Å². The van der Waals surface area contributed by atoms with Crippen molar-refractivity contribution in [2.45, 2.75) is 38.6 Å². The second-order valence-corrected chi connectivity index (χ2v) is 5.21. The second-order valence-electron chi connectivity index (χ2n) is 4.15. The van der Waals surface area contributed by atoms with Crippen molar-refractivity contribution in [3.05, 3.63) is 16.1 Å². The molecule has 0 saturated heterocycles. The molecule has 78 valence electrons. The summed E-state index contributed by atoms with van der Waals surface area (Å²) in [6.07, 6.45) is 5.31. The standard InChI is InChI=1S/C11H18N2S/c1-8-13-10(7-14-8)6-11(12-2)9-4-3-5-9/h7,9,11-12H,3-6H2,1-2H3. The summed E-state index contributed by atoms with van der Waals surface area (Å²) < 4.78 is 0. The van der Waals surface area contributed by atoms with Gasteiger partial charge in [-0.3, -0.25) is 0 Å². The van der Waals surface area contributed by atoms with Gasteiger partial charge in [0, 0.05) is 17.8 Å². The molecule has 0 aromatic carbocycles. The Balaban J connectivity index is 1.93. The van der Waals surface area contributed by atoms with E-state index in [9.17, 15) is 0 Å². The largest absolute Gasteiger partial charge is 0.316 e. The molecule has 0 bridgehead atoms. The molecule has 0 aliphatic heterocycles. The first-order valence-electron chi connectivity index (χ1n) is 5.38. The van der Waals surface area contributed by atoms with Crippen molar-refractivity contribution in [3.8, 4) is 0 Å². The molecular formula is C11H18N2S. The highest BCUT2D eigenvalue weighted by atomic mass is 32.1. The number of nitrogens with zero attached hydrogens (tertiary/aromatic N) is 1. The maximum Gasteiger partial charge on any atom is 0.0897 e. The van der Waals surface area contributed by atoms with Crippen LogP contribution in [0, 0.1) is 12.8 Å². The predicted molar refractivity (Wildman–Crippen MR) is 60.7 cm³/mol. The van der Waals surface area contributed by atoms with Crippen LogP contribution in [0.25, 0.3) is 0 Å². The molecule has 1 fully saturated rings. The molecule has 14 heavy (non-hydrogen) atoms. The Morgan fingerprint density at radius 2 is 2.43 bits per heavy atom. The zero-order valence-corrected chi connectivity index (χ0v) is 9.73. The average Bonchev–Trinajstić information content (AvgIpc) is 2.47. The fourth-order valence-electron chi connectivity index (χ4n) is 2.07. The van der Waals surface area contributed by atoms with Crippen LogP contribution >= 0.6 is 11.3 Å². The molecule has 2 nitrogen and oxygen atoms in total. The third-order valence-electron chi connectivity index (χ3n) is 3.19. The summed E-state index contributed by atoms with van der Waals surface area (Å²) in [4.78, 5) is 4.52. The van der Waals surface area contributed by atoms with Gasteiger partial charge in [0.05, 0.1) is 10.7 Å². The summed E-state index contributed by atoms with van der Waals surface area (Å²) in [5, 5.41) is 6.80. The number of hydrogen-bond donors (Lipinski definition) is 1. The van der Waals surface area contributed by atoms with E-state index in [4.69, 9.17) is 0 Å². The van der Waals surface area contributed by atoms with Crippen LogP contribution in [0.15, 0.2) is 5.38 Å². The van der Waals surface area contributed by atoms with Gasteiger partial charge in [0.1, 0.15) is 0 Å². The van der Waals surface area contributed by atoms with Gasteiger partial charge in [-0.05, 0) is 32.7 Å². The molecule has 1 saturated carbocycles. The number of hydrogen-bond acceptors (Lipinski definition) is 3. The van der Waals surface area contributed by atoms with Gasteiger partial charge in [-0.25, -0.2) is 4.98 Å². The summed E-state index contributed by atoms with van der Waals surface area (Å²) in [6.45, 7) is 2.08. The minimum Gasteiger partial charge on any atom is -0.316 e. The van der Waals surface area contributed by atoms with Gasteiger partial charge in [0.15, 0.2) is 0 Å². The van der Waals surface area contributed by atoms with Crippen molar-refractivity contribution in [2.75, 3.05) is 7.05 Å². The van der Waals surface area contributed by atoms with Gasteiger partial charge in [0.25, 0.3) is 0 Å². The Labute approximate surface area is 89.8 Å². The summed E-state index contributed by atoms with van der Waals surface area (Å²) in [7, 11) is 2.07. The van der Waals surface area contributed by atoms with Crippen molar-refractivity contribution in [1.29, 1.82) is 0 Å². The van der Waals surface area contributed by atoms with Crippen LogP contribution in [0.1, 0.15) is 30.0 Å². The smallest absolute Gasteiger partial charge is 0.0897 e. The first kappa shape index (κ1) is 10.1. The molecule has 1 aromatic rings. The number of likely N-dealkylation sites (N-methyl/N-ethyl adjacent to an activating group) is 1. The molecule has 1 aromatic heterocycles. The van der Waals surface area contributed by atoms with Crippen LogP contribution in [-0.4, -0.2) is 18.1 Å². The molecule has 1 N–H and O–H groups in total. The summed E-state index contributed by atoms with van der Waals surface area (Å²) in [5.41, 5.74) is 1.26. The highest BCUT2D eigenvalue weighted by molar-refractivity contribution is 7.09. The monoisotopic (exact) mass is 210 g/mol. The molecule has 1 atom stereocenters. The first-order valence-corrected chi connectivity index (χ1v) is 6.26. The zero-order valence-electron chi connectivity index (χ0n) is 8.92. The average molecular weight is 210 g/mol. The molecule has 1 aliphatic carbocycles. The lowest BCUT2D eigenvalue weighted by atomic mass is 9.78. The lowest BCUT2D eigenvalue weighted by Crippen LogP contribution is -2.39. The maximum absolute atomic E-state index is 4.52. The van der Waals surface area contributed by atoms with Gasteiger partial charge in [0.2, 0.25) is 0 Å². The van der Waals surface area contributed by atoms with E-state index < -0.39 is 0 Å². The minimum absolute atomic E-state index is 0.644. The molecule has 0 spiro atoms. The fraction of sp³-hybridized carbons (Fsp3) is 0.727. The Hall–Kier alpha value is -0.410. The van der Waals surface area contributed by atoms with Crippen LogP contribution in [-0.2, 0) is 6.42 Å². The zero-order chi connectivity index (χ0) is 9.97. The predicted octanol–water partition coefficient (Wildman–Crippen LogP) is 2.38. The van der Waals surface area contributed by atoms with Crippen molar-refractivity contribution < 1.29 is 0 Å². The first-order chi connectivity index (χ1) is 6.79. The lowest BCUT2D eigenvalue weighted by Gasteiger charge is -2.33. The van der Waals surface area contributed by atoms with Gasteiger partial charge in [-0.15, -0.1) is 11.3 Å². The number of aryl methyl sites for hydroxylation is 1. The quantitative estimate of drug-likeness (QED) is 0.825. The Morgan fingerprint density at radius 3 is 2.86 bits per heavy atom. The number of thiazole rings is 1. The molecule has 0 amide bonds. The van der Waals surface area contributed by atoms with Crippen LogP contribution in [0.2, 0.25) is 0 Å². The van der Waals surface area contributed by atoms with E-state index in [1.165, 1.54) is 30.0 Å². The second kappa shape index (κ2) is 4.41. The molecule has 0 radical (unpaired) electrons. The van der Waals surface area contributed by atoms with Crippen molar-refractivity contribution in [3.63, 3.8) is 0 Å². The van der Waals surface area contributed by atoms with E-state index in [1.807, 2.05) is 0 Å². The molecule has 1 aliphatic rings. The maximum atomic E-state index is 4.52. The van der Waals surface area contributed by atoms with E-state index >= 15 is 0 Å². The minimum atomic E-state index is 0.644. The molecule has 1 unspecified atom stereocenters. The highest BCUT2D eigenvalue weighted by Gasteiger charge is 2.26. The van der Waals surface area contributed by atoms with Gasteiger partial charge < -0.3 is 5.32 Å². The number of rotatable bonds is 4. The SMILES string of the molecule is CNC(Cc1csc(C)n1)C1CCC1. The van der Waals surface area contributed by atoms with Gasteiger partial charge >= 0.3 is 0 Å². The molecule has 3 heteroatoms. The van der Waals surface area contributed by atoms with Crippen LogP contribution in [0.4, 0.5) is 0 Å². The highest BCUT2D eigenvalue weighted by Crippen LogP contribution is 2.30. The normalized spacial score (nSPS) is 19.3. The molecule has 1 heterocycles. The van der Waals surface area contributed by atoms with E-state index in [0.29, 0.717) is 6.04 Å². The fourth-order valence-corrected chi connectivity index (χ4v) is 2.70. The van der Waals surface area contributed by atoms with Gasteiger partial charge in [-0.2, -0.15) is 0 Å². The summed E-state index contributed by atoms with van der Waals surface area (Å²) >= 11 is 1.76. The van der Waals surface area contributed by atoms with Crippen LogP contribution in [0.5, 0.6) is 0 Å². The van der Waals surface area contributed by atoms with E-state index in [-0.39, 0.29) is 0 Å². The van der Waals surface area contributed by atoms with E-state index in [0.717, 1.165) is 12.3 Å². The van der Waals surface area contributed by atoms with Crippen molar-refractivity contribution in [2.24, 2.45) is 5.92 Å². The number of aromatic nitrogens is 1. The van der Waals surface area contributed by atoms with E-state index in [2.05, 4.69) is 29.7 Å². The summed E-state index contributed by atoms with van der Waals surface area (Å²) in [5.74, 6) is 0.891. The Kier molecular flexibility index (Phi) is 3.19. The van der Waals surface area contributed by atoms with Gasteiger partial charge in [-0.1, -0.05) is 6.42 Å². The third kappa shape index (κ3) is 2.15. The lowest BCUT2D eigenvalue weighted by molar-refractivity contribution is 0.235. The van der Waals surface area contributed by atoms with Crippen molar-refractivity contribution in [1.82, 2.24) is 10.3 Å². The topological polar surface area (TPSA) is 24.9 Å².